The van der Waals surface area contributed by atoms with Crippen LogP contribution >= 0.6 is 0 Å². The molecule has 3 heterocycles. The fourth-order valence-corrected chi connectivity index (χ4v) is 2.12. The molecule has 108 valence electrons. The van der Waals surface area contributed by atoms with E-state index in [2.05, 4.69) is 20.6 Å². The SMILES string of the molecule is CC(Cn1cccn1)C(=O)NCc1nnc2ccccn12. The minimum atomic E-state index is -0.163. The molecule has 3 aromatic heterocycles. The Kier molecular flexibility index (Phi) is 3.63. The molecule has 1 unspecified atom stereocenters. The summed E-state index contributed by atoms with van der Waals surface area (Å²) in [5, 5.41) is 15.1. The van der Waals surface area contributed by atoms with Crippen molar-refractivity contribution in [3.05, 3.63) is 48.7 Å². The van der Waals surface area contributed by atoms with E-state index in [4.69, 9.17) is 0 Å². The number of rotatable bonds is 5. The van der Waals surface area contributed by atoms with Crippen LogP contribution in [0.2, 0.25) is 0 Å². The molecule has 0 spiro atoms. The third-order valence-electron chi connectivity index (χ3n) is 3.27. The molecule has 1 atom stereocenters. The summed E-state index contributed by atoms with van der Waals surface area (Å²) in [5.41, 5.74) is 0.770. The second-order valence-corrected chi connectivity index (χ2v) is 4.89. The summed E-state index contributed by atoms with van der Waals surface area (Å²) in [5.74, 6) is 0.521. The first-order chi connectivity index (χ1) is 10.2. The molecule has 1 N–H and O–H groups in total. The van der Waals surface area contributed by atoms with E-state index >= 15 is 0 Å². The summed E-state index contributed by atoms with van der Waals surface area (Å²) in [6, 6.07) is 7.52. The number of carbonyl (C=O) groups excluding carboxylic acids is 1. The van der Waals surface area contributed by atoms with Crippen molar-refractivity contribution in [3.63, 3.8) is 0 Å². The number of nitrogens with zero attached hydrogens (tertiary/aromatic N) is 5. The molecule has 3 aromatic rings. The molecule has 0 saturated heterocycles. The van der Waals surface area contributed by atoms with Crippen LogP contribution in [0.4, 0.5) is 0 Å². The quantitative estimate of drug-likeness (QED) is 0.754. The van der Waals surface area contributed by atoms with Gasteiger partial charge in [-0.2, -0.15) is 5.10 Å². The van der Waals surface area contributed by atoms with Crippen molar-refractivity contribution in [2.45, 2.75) is 20.0 Å². The molecule has 0 aliphatic rings. The van der Waals surface area contributed by atoms with Crippen molar-refractivity contribution in [1.29, 1.82) is 0 Å². The van der Waals surface area contributed by atoms with E-state index in [0.29, 0.717) is 18.9 Å². The van der Waals surface area contributed by atoms with Crippen molar-refractivity contribution < 1.29 is 4.79 Å². The molecule has 0 bridgehead atoms. The van der Waals surface area contributed by atoms with Gasteiger partial charge in [0.25, 0.3) is 0 Å². The average Bonchev–Trinajstić information content (AvgIpc) is 3.14. The predicted octanol–water partition coefficient (Wildman–Crippen LogP) is 0.878. The third kappa shape index (κ3) is 2.91. The topological polar surface area (TPSA) is 77.1 Å². The highest BCUT2D eigenvalue weighted by Gasteiger charge is 2.14. The van der Waals surface area contributed by atoms with Gasteiger partial charge >= 0.3 is 0 Å². The second kappa shape index (κ2) is 5.74. The summed E-state index contributed by atoms with van der Waals surface area (Å²) in [7, 11) is 0. The Balaban J connectivity index is 1.60. The number of hydrogen-bond donors (Lipinski definition) is 1. The van der Waals surface area contributed by atoms with Crippen molar-refractivity contribution in [1.82, 2.24) is 29.7 Å². The van der Waals surface area contributed by atoms with Crippen LogP contribution in [0, 0.1) is 5.92 Å². The Morgan fingerprint density at radius 2 is 2.19 bits per heavy atom. The molecule has 0 aliphatic heterocycles. The Morgan fingerprint density at radius 1 is 1.29 bits per heavy atom. The van der Waals surface area contributed by atoms with Gasteiger partial charge in [-0.05, 0) is 18.2 Å². The van der Waals surface area contributed by atoms with Gasteiger partial charge in [0.05, 0.1) is 19.0 Å². The zero-order valence-electron chi connectivity index (χ0n) is 11.7. The molecule has 7 nitrogen and oxygen atoms in total. The smallest absolute Gasteiger partial charge is 0.225 e. The van der Waals surface area contributed by atoms with Crippen LogP contribution in [0.1, 0.15) is 12.7 Å². The highest BCUT2D eigenvalue weighted by atomic mass is 16.1. The lowest BCUT2D eigenvalue weighted by Crippen LogP contribution is -2.31. The lowest BCUT2D eigenvalue weighted by atomic mass is 10.1. The molecule has 0 saturated carbocycles. The van der Waals surface area contributed by atoms with Gasteiger partial charge in [-0.25, -0.2) is 0 Å². The molecular formula is C14H16N6O. The highest BCUT2D eigenvalue weighted by molar-refractivity contribution is 5.78. The van der Waals surface area contributed by atoms with Crippen LogP contribution in [-0.2, 0) is 17.9 Å². The maximum atomic E-state index is 12.1. The van der Waals surface area contributed by atoms with Crippen LogP contribution in [0.3, 0.4) is 0 Å². The van der Waals surface area contributed by atoms with E-state index in [9.17, 15) is 4.79 Å². The van der Waals surface area contributed by atoms with Crippen LogP contribution in [0.15, 0.2) is 42.9 Å². The van der Waals surface area contributed by atoms with Gasteiger partial charge < -0.3 is 5.32 Å². The molecule has 0 aliphatic carbocycles. The lowest BCUT2D eigenvalue weighted by molar-refractivity contribution is -0.125. The molecule has 0 radical (unpaired) electrons. The summed E-state index contributed by atoms with van der Waals surface area (Å²) >= 11 is 0. The number of nitrogens with one attached hydrogen (secondary N) is 1. The van der Waals surface area contributed by atoms with Crippen molar-refractivity contribution in [3.8, 4) is 0 Å². The molecule has 21 heavy (non-hydrogen) atoms. The van der Waals surface area contributed by atoms with E-state index in [1.165, 1.54) is 0 Å². The van der Waals surface area contributed by atoms with Crippen molar-refractivity contribution in [2.75, 3.05) is 0 Å². The van der Waals surface area contributed by atoms with Crippen molar-refractivity contribution >= 4 is 11.6 Å². The number of hydrogen-bond acceptors (Lipinski definition) is 4. The Hall–Kier alpha value is -2.70. The summed E-state index contributed by atoms with van der Waals surface area (Å²) < 4.78 is 3.61. The van der Waals surface area contributed by atoms with Crippen LogP contribution in [0.5, 0.6) is 0 Å². The van der Waals surface area contributed by atoms with E-state index in [1.54, 1.807) is 10.9 Å². The first-order valence-corrected chi connectivity index (χ1v) is 6.78. The van der Waals surface area contributed by atoms with Crippen LogP contribution in [0.25, 0.3) is 5.65 Å². The van der Waals surface area contributed by atoms with Crippen molar-refractivity contribution in [2.24, 2.45) is 5.92 Å². The maximum absolute atomic E-state index is 12.1. The van der Waals surface area contributed by atoms with Gasteiger partial charge in [0.2, 0.25) is 5.91 Å². The minimum absolute atomic E-state index is 0.0295. The zero-order chi connectivity index (χ0) is 14.7. The largest absolute Gasteiger partial charge is 0.348 e. The molecule has 3 rings (SSSR count). The van der Waals surface area contributed by atoms with Gasteiger partial charge in [0.15, 0.2) is 11.5 Å². The molecule has 1 amide bonds. The molecular weight excluding hydrogens is 268 g/mol. The number of carbonyl (C=O) groups is 1. The second-order valence-electron chi connectivity index (χ2n) is 4.89. The fourth-order valence-electron chi connectivity index (χ4n) is 2.12. The van der Waals surface area contributed by atoms with Gasteiger partial charge in [0, 0.05) is 18.6 Å². The number of amides is 1. The van der Waals surface area contributed by atoms with Gasteiger partial charge in [0.1, 0.15) is 0 Å². The molecule has 7 heteroatoms. The van der Waals surface area contributed by atoms with E-state index in [0.717, 1.165) is 5.65 Å². The Labute approximate surface area is 121 Å². The summed E-state index contributed by atoms with van der Waals surface area (Å²) in [6.07, 6.45) is 5.42. The van der Waals surface area contributed by atoms with Crippen LogP contribution in [-0.4, -0.2) is 30.3 Å². The fraction of sp³-hybridized carbons (Fsp3) is 0.286. The zero-order valence-corrected chi connectivity index (χ0v) is 11.7. The summed E-state index contributed by atoms with van der Waals surface area (Å²) in [4.78, 5) is 12.1. The monoisotopic (exact) mass is 284 g/mol. The molecule has 0 aromatic carbocycles. The predicted molar refractivity (Wildman–Crippen MR) is 76.2 cm³/mol. The molecule has 0 fully saturated rings. The standard InChI is InChI=1S/C14H16N6O/c1-11(10-19-7-4-6-16-19)14(21)15-9-13-18-17-12-5-2-3-8-20(12)13/h2-8,11H,9-10H2,1H3,(H,15,21). The minimum Gasteiger partial charge on any atom is -0.348 e. The maximum Gasteiger partial charge on any atom is 0.225 e. The first kappa shape index (κ1) is 13.3. The first-order valence-electron chi connectivity index (χ1n) is 6.78. The normalized spacial score (nSPS) is 12.4. The average molecular weight is 284 g/mol. The summed E-state index contributed by atoms with van der Waals surface area (Å²) in [6.45, 7) is 2.78. The third-order valence-corrected chi connectivity index (χ3v) is 3.27. The van der Waals surface area contributed by atoms with Gasteiger partial charge in [-0.3, -0.25) is 13.9 Å². The van der Waals surface area contributed by atoms with Gasteiger partial charge in [-0.1, -0.05) is 13.0 Å². The number of fused-ring (bicyclic) bond motifs is 1. The highest BCUT2D eigenvalue weighted by Crippen LogP contribution is 2.04. The Bertz CT molecular complexity index is 733. The lowest BCUT2D eigenvalue weighted by Gasteiger charge is -2.11. The Morgan fingerprint density at radius 3 is 3.00 bits per heavy atom. The van der Waals surface area contributed by atoms with Crippen LogP contribution < -0.4 is 5.32 Å². The van der Waals surface area contributed by atoms with E-state index in [-0.39, 0.29) is 11.8 Å². The number of aromatic nitrogens is 5. The van der Waals surface area contributed by atoms with E-state index in [1.807, 2.05) is 48.0 Å². The van der Waals surface area contributed by atoms with E-state index < -0.39 is 0 Å². The van der Waals surface area contributed by atoms with Gasteiger partial charge in [-0.15, -0.1) is 10.2 Å². The number of pyridine rings is 1.